The normalized spacial score (nSPS) is 19.1. The van der Waals surface area contributed by atoms with Crippen molar-refractivity contribution < 1.29 is 24.3 Å². The van der Waals surface area contributed by atoms with E-state index in [9.17, 15) is 19.2 Å². The summed E-state index contributed by atoms with van der Waals surface area (Å²) < 4.78 is 0. The average Bonchev–Trinajstić information content (AvgIpc) is 2.86. The molecule has 21 heavy (non-hydrogen) atoms. The highest BCUT2D eigenvalue weighted by Crippen LogP contribution is 2.18. The van der Waals surface area contributed by atoms with Crippen molar-refractivity contribution in [1.29, 1.82) is 0 Å². The fourth-order valence-corrected chi connectivity index (χ4v) is 2.47. The summed E-state index contributed by atoms with van der Waals surface area (Å²) in [6, 6.07) is -1.94. The van der Waals surface area contributed by atoms with Crippen LogP contribution in [0.4, 0.5) is 0 Å². The monoisotopic (exact) mass is 317 g/mol. The molecule has 1 aliphatic heterocycles. The lowest BCUT2D eigenvalue weighted by molar-refractivity contribution is -0.145. The Morgan fingerprint density at radius 2 is 2.05 bits per heavy atom. The lowest BCUT2D eigenvalue weighted by atomic mass is 10.1. The molecule has 1 saturated heterocycles. The third kappa shape index (κ3) is 4.92. The second-order valence-corrected chi connectivity index (χ2v) is 5.23. The molecule has 0 aliphatic carbocycles. The van der Waals surface area contributed by atoms with Gasteiger partial charge in [0.15, 0.2) is 0 Å². The third-order valence-corrected chi connectivity index (χ3v) is 3.44. The Kier molecular flexibility index (Phi) is 6.47. The number of carboxylic acids is 1. The van der Waals surface area contributed by atoms with Gasteiger partial charge in [-0.25, -0.2) is 0 Å². The van der Waals surface area contributed by atoms with Crippen LogP contribution in [0.2, 0.25) is 0 Å². The SMILES string of the molecule is NC(=O)C1CCCN1C(=O)C(CC(=O)O)NC(=O)CCS. The Bertz CT molecular complexity index is 443. The molecule has 2 atom stereocenters. The van der Waals surface area contributed by atoms with E-state index in [1.165, 1.54) is 4.90 Å². The minimum atomic E-state index is -1.21. The number of primary amides is 1. The van der Waals surface area contributed by atoms with Crippen LogP contribution in [0, 0.1) is 0 Å². The van der Waals surface area contributed by atoms with Crippen LogP contribution in [-0.2, 0) is 19.2 Å². The summed E-state index contributed by atoms with van der Waals surface area (Å²) in [5, 5.41) is 11.2. The van der Waals surface area contributed by atoms with Crippen molar-refractivity contribution in [2.75, 3.05) is 12.3 Å². The van der Waals surface area contributed by atoms with Crippen LogP contribution in [0.25, 0.3) is 0 Å². The van der Waals surface area contributed by atoms with E-state index < -0.39 is 42.2 Å². The number of thiol groups is 1. The summed E-state index contributed by atoms with van der Waals surface area (Å²) in [6.45, 7) is 0.324. The molecule has 0 spiro atoms. The van der Waals surface area contributed by atoms with Crippen LogP contribution < -0.4 is 11.1 Å². The van der Waals surface area contributed by atoms with Crippen molar-refractivity contribution in [2.45, 2.75) is 37.8 Å². The largest absolute Gasteiger partial charge is 0.481 e. The first-order valence-corrected chi connectivity index (χ1v) is 7.22. The first-order valence-electron chi connectivity index (χ1n) is 6.58. The van der Waals surface area contributed by atoms with E-state index in [4.69, 9.17) is 10.8 Å². The molecule has 1 heterocycles. The number of hydrogen-bond acceptors (Lipinski definition) is 5. The van der Waals surface area contributed by atoms with Gasteiger partial charge in [-0.05, 0) is 18.6 Å². The minimum absolute atomic E-state index is 0.0752. The van der Waals surface area contributed by atoms with Crippen LogP contribution in [0.3, 0.4) is 0 Å². The van der Waals surface area contributed by atoms with Gasteiger partial charge in [0, 0.05) is 13.0 Å². The standard InChI is InChI=1S/C12H19N3O5S/c13-11(19)8-2-1-4-15(8)12(20)7(6-10(17)18)14-9(16)3-5-21/h7-8,21H,1-6H2,(H2,13,19)(H,14,16)(H,17,18). The van der Waals surface area contributed by atoms with E-state index in [0.29, 0.717) is 19.4 Å². The Morgan fingerprint density at radius 3 is 2.57 bits per heavy atom. The zero-order chi connectivity index (χ0) is 16.0. The first-order chi connectivity index (χ1) is 9.86. The molecule has 3 amide bonds. The van der Waals surface area contributed by atoms with Crippen molar-refractivity contribution in [3.8, 4) is 0 Å². The van der Waals surface area contributed by atoms with Crippen LogP contribution in [-0.4, -0.2) is 58.1 Å². The number of carbonyl (C=O) groups is 4. The van der Waals surface area contributed by atoms with Gasteiger partial charge in [0.05, 0.1) is 6.42 Å². The number of nitrogens with zero attached hydrogens (tertiary/aromatic N) is 1. The van der Waals surface area contributed by atoms with Crippen molar-refractivity contribution in [3.05, 3.63) is 0 Å². The molecule has 118 valence electrons. The smallest absolute Gasteiger partial charge is 0.305 e. The predicted octanol–water partition coefficient (Wildman–Crippen LogP) is -1.26. The maximum atomic E-state index is 12.4. The number of carboxylic acid groups (broad SMARTS) is 1. The highest BCUT2D eigenvalue weighted by molar-refractivity contribution is 7.80. The maximum absolute atomic E-state index is 12.4. The van der Waals surface area contributed by atoms with E-state index in [2.05, 4.69) is 17.9 Å². The molecule has 0 aromatic carbocycles. The molecule has 1 rings (SSSR count). The molecule has 0 aromatic heterocycles. The number of nitrogens with two attached hydrogens (primary N) is 1. The highest BCUT2D eigenvalue weighted by Gasteiger charge is 2.37. The quantitative estimate of drug-likeness (QED) is 0.436. The molecule has 8 nitrogen and oxygen atoms in total. The van der Waals surface area contributed by atoms with Gasteiger partial charge in [0.1, 0.15) is 12.1 Å². The second kappa shape index (κ2) is 7.87. The lowest BCUT2D eigenvalue weighted by Crippen LogP contribution is -2.53. The maximum Gasteiger partial charge on any atom is 0.305 e. The summed E-state index contributed by atoms with van der Waals surface area (Å²) >= 11 is 3.90. The molecule has 0 aromatic rings. The number of carbonyl (C=O) groups excluding carboxylic acids is 3. The number of likely N-dealkylation sites (tertiary alicyclic amines) is 1. The molecule has 4 N–H and O–H groups in total. The van der Waals surface area contributed by atoms with Gasteiger partial charge in [-0.3, -0.25) is 19.2 Å². The van der Waals surface area contributed by atoms with Gasteiger partial charge >= 0.3 is 5.97 Å². The van der Waals surface area contributed by atoms with Gasteiger partial charge in [-0.15, -0.1) is 0 Å². The lowest BCUT2D eigenvalue weighted by Gasteiger charge is -2.27. The summed E-state index contributed by atoms with van der Waals surface area (Å²) in [5.41, 5.74) is 5.23. The number of hydrogen-bond donors (Lipinski definition) is 4. The Hall–Kier alpha value is -1.77. The van der Waals surface area contributed by atoms with Gasteiger partial charge in [0.25, 0.3) is 0 Å². The van der Waals surface area contributed by atoms with Gasteiger partial charge in [-0.2, -0.15) is 12.6 Å². The number of amides is 3. The molecule has 0 saturated carbocycles. The summed E-state index contributed by atoms with van der Waals surface area (Å²) in [6.07, 6.45) is 0.597. The molecule has 9 heteroatoms. The van der Waals surface area contributed by atoms with Crippen LogP contribution in [0.15, 0.2) is 0 Å². The van der Waals surface area contributed by atoms with Gasteiger partial charge in [0.2, 0.25) is 17.7 Å². The van der Waals surface area contributed by atoms with Crippen molar-refractivity contribution >= 4 is 36.3 Å². The molecule has 0 bridgehead atoms. The van der Waals surface area contributed by atoms with Crippen LogP contribution in [0.5, 0.6) is 0 Å². The fourth-order valence-electron chi connectivity index (χ4n) is 2.27. The summed E-state index contributed by atoms with van der Waals surface area (Å²) in [4.78, 5) is 47.3. The molecule has 2 unspecified atom stereocenters. The summed E-state index contributed by atoms with van der Waals surface area (Å²) in [5.74, 6) is -2.61. The Labute approximate surface area is 127 Å². The predicted molar refractivity (Wildman–Crippen MR) is 76.6 cm³/mol. The van der Waals surface area contributed by atoms with Crippen molar-refractivity contribution in [2.24, 2.45) is 5.73 Å². The zero-order valence-electron chi connectivity index (χ0n) is 11.4. The van der Waals surface area contributed by atoms with Gasteiger partial charge < -0.3 is 21.1 Å². The first kappa shape index (κ1) is 17.3. The van der Waals surface area contributed by atoms with Crippen molar-refractivity contribution in [1.82, 2.24) is 10.2 Å². The third-order valence-electron chi connectivity index (χ3n) is 3.22. The Morgan fingerprint density at radius 1 is 1.38 bits per heavy atom. The zero-order valence-corrected chi connectivity index (χ0v) is 12.3. The molecular formula is C12H19N3O5S. The minimum Gasteiger partial charge on any atom is -0.481 e. The van der Waals surface area contributed by atoms with E-state index in [0.717, 1.165) is 0 Å². The van der Waals surface area contributed by atoms with E-state index in [1.54, 1.807) is 0 Å². The average molecular weight is 317 g/mol. The summed E-state index contributed by atoms with van der Waals surface area (Å²) in [7, 11) is 0. The molecule has 1 fully saturated rings. The van der Waals surface area contributed by atoms with E-state index in [1.807, 2.05) is 0 Å². The van der Waals surface area contributed by atoms with Crippen LogP contribution >= 0.6 is 12.6 Å². The molecule has 1 aliphatic rings. The highest BCUT2D eigenvalue weighted by atomic mass is 32.1. The Balaban J connectivity index is 2.81. The number of aliphatic carboxylic acids is 1. The second-order valence-electron chi connectivity index (χ2n) is 4.78. The van der Waals surface area contributed by atoms with E-state index >= 15 is 0 Å². The van der Waals surface area contributed by atoms with Crippen LogP contribution in [0.1, 0.15) is 25.7 Å². The topological polar surface area (TPSA) is 130 Å². The number of nitrogens with one attached hydrogen (secondary N) is 1. The molecule has 0 radical (unpaired) electrons. The van der Waals surface area contributed by atoms with Crippen molar-refractivity contribution in [3.63, 3.8) is 0 Å². The van der Waals surface area contributed by atoms with E-state index in [-0.39, 0.29) is 12.2 Å². The fraction of sp³-hybridized carbons (Fsp3) is 0.667. The number of rotatable bonds is 7. The van der Waals surface area contributed by atoms with Gasteiger partial charge in [-0.1, -0.05) is 0 Å². The molecular weight excluding hydrogens is 298 g/mol.